The monoisotopic (exact) mass is 696 g/mol. The lowest BCUT2D eigenvalue weighted by Crippen LogP contribution is -2.54. The van der Waals surface area contributed by atoms with Gasteiger partial charge in [-0.1, -0.05) is 35.9 Å². The van der Waals surface area contributed by atoms with Crippen molar-refractivity contribution in [2.75, 3.05) is 32.4 Å². The van der Waals surface area contributed by atoms with Gasteiger partial charge < -0.3 is 19.1 Å². The summed E-state index contributed by atoms with van der Waals surface area (Å²) < 4.78 is 45.3. The Morgan fingerprint density at radius 1 is 1.00 bits per heavy atom. The molecule has 3 rings (SSSR count). The fourth-order valence-electron chi connectivity index (χ4n) is 5.58. The molecule has 1 N–H and O–H groups in total. The van der Waals surface area contributed by atoms with E-state index in [2.05, 4.69) is 0 Å². The second-order valence-corrected chi connectivity index (χ2v) is 17.0. The summed E-state index contributed by atoms with van der Waals surface area (Å²) in [5.74, 6) is -1.68. The lowest BCUT2D eigenvalue weighted by atomic mass is 9.97. The highest BCUT2D eigenvalue weighted by Gasteiger charge is 2.58. The van der Waals surface area contributed by atoms with Crippen molar-refractivity contribution in [3.05, 3.63) is 58.9 Å². The molecule has 13 heteroatoms. The van der Waals surface area contributed by atoms with Gasteiger partial charge >= 0.3 is 18.2 Å². The maximum atomic E-state index is 14.4. The minimum Gasteiger partial charge on any atom is -0.480 e. The summed E-state index contributed by atoms with van der Waals surface area (Å²) in [6.07, 6.45) is -1.37. The number of halogens is 2. The number of carbonyl (C=O) groups excluding carboxylic acids is 2. The fourth-order valence-corrected chi connectivity index (χ4v) is 8.79. The van der Waals surface area contributed by atoms with Crippen LogP contribution in [0.4, 0.5) is 14.0 Å². The number of imide groups is 1. The van der Waals surface area contributed by atoms with Crippen molar-refractivity contribution in [3.63, 3.8) is 0 Å². The molecule has 2 aromatic carbocycles. The van der Waals surface area contributed by atoms with Crippen molar-refractivity contribution >= 4 is 37.1 Å². The van der Waals surface area contributed by atoms with Crippen molar-refractivity contribution in [2.24, 2.45) is 0 Å². The number of ether oxygens (including phenoxy) is 2. The van der Waals surface area contributed by atoms with Gasteiger partial charge in [-0.05, 0) is 97.1 Å². The summed E-state index contributed by atoms with van der Waals surface area (Å²) in [6, 6.07) is 11.5. The van der Waals surface area contributed by atoms with Gasteiger partial charge in [-0.15, -0.1) is 0 Å². The van der Waals surface area contributed by atoms with Gasteiger partial charge in [0.05, 0.1) is 6.61 Å². The van der Waals surface area contributed by atoms with E-state index in [4.69, 9.17) is 25.6 Å². The Balaban J connectivity index is 1.86. The third-order valence-corrected chi connectivity index (χ3v) is 11.3. The third-order valence-electron chi connectivity index (χ3n) is 7.66. The predicted molar refractivity (Wildman–Crippen MR) is 180 cm³/mol. The molecule has 0 aliphatic carbocycles. The van der Waals surface area contributed by atoms with E-state index in [0.29, 0.717) is 22.7 Å². The Hall–Kier alpha value is -2.98. The molecular formula is C34H47ClFN2O8P. The molecule has 0 aromatic heterocycles. The van der Waals surface area contributed by atoms with Crippen LogP contribution in [0.5, 0.6) is 0 Å². The molecule has 1 unspecified atom stereocenters. The van der Waals surface area contributed by atoms with Crippen LogP contribution in [0.3, 0.4) is 0 Å². The van der Waals surface area contributed by atoms with E-state index in [-0.39, 0.29) is 51.7 Å². The molecule has 2 amide bonds. The maximum Gasteiger partial charge on any atom is 0.419 e. The van der Waals surface area contributed by atoms with Gasteiger partial charge in [0.15, 0.2) is 5.16 Å². The first-order chi connectivity index (χ1) is 21.8. The van der Waals surface area contributed by atoms with Crippen LogP contribution in [-0.2, 0) is 29.9 Å². The number of carboxylic acids is 1. The topological polar surface area (TPSA) is 123 Å². The first-order valence-electron chi connectivity index (χ1n) is 15.8. The zero-order valence-electron chi connectivity index (χ0n) is 28.3. The highest BCUT2D eigenvalue weighted by Crippen LogP contribution is 2.63. The van der Waals surface area contributed by atoms with Crippen LogP contribution in [0.2, 0.25) is 5.02 Å². The number of benzene rings is 2. The molecule has 47 heavy (non-hydrogen) atoms. The Morgan fingerprint density at radius 3 is 2.17 bits per heavy atom. The van der Waals surface area contributed by atoms with Gasteiger partial charge in [-0.3, -0.25) is 14.3 Å². The summed E-state index contributed by atoms with van der Waals surface area (Å²) in [4.78, 5) is 41.7. The second-order valence-electron chi connectivity index (χ2n) is 13.7. The van der Waals surface area contributed by atoms with Crippen LogP contribution in [0.1, 0.15) is 73.3 Å². The number of hydrogen-bond acceptors (Lipinski definition) is 8. The van der Waals surface area contributed by atoms with E-state index in [1.54, 1.807) is 78.8 Å². The van der Waals surface area contributed by atoms with Crippen molar-refractivity contribution < 1.29 is 42.4 Å². The molecule has 10 nitrogen and oxygen atoms in total. The van der Waals surface area contributed by atoms with Gasteiger partial charge in [0.2, 0.25) is 7.37 Å². The lowest BCUT2D eigenvalue weighted by Gasteiger charge is -2.45. The van der Waals surface area contributed by atoms with Gasteiger partial charge in [0, 0.05) is 42.9 Å². The van der Waals surface area contributed by atoms with Crippen LogP contribution in [0, 0.1) is 5.82 Å². The number of rotatable bonds is 11. The highest BCUT2D eigenvalue weighted by atomic mass is 35.5. The standard InChI is InChI=1S/C34H47ClFN2O8P/c1-8-44-47(43)20-19-37(22-24-15-16-25(36)21-27(24)26-13-9-10-14-28(26)35)23-34(47,29(39)40)17-11-12-18-38(30(41)45-32(2,3)4)31(42)46-33(5,6)7/h9-10,13-16,21H,8,11-12,17-20,22-23H2,1-7H3,(H,39,40)/t34-,47?/m0/s1. The van der Waals surface area contributed by atoms with E-state index in [1.807, 2.05) is 4.90 Å². The first-order valence-corrected chi connectivity index (χ1v) is 18.0. The summed E-state index contributed by atoms with van der Waals surface area (Å²) in [7, 11) is -3.72. The van der Waals surface area contributed by atoms with Crippen LogP contribution < -0.4 is 0 Å². The number of amides is 2. The van der Waals surface area contributed by atoms with Gasteiger partial charge in [-0.25, -0.2) is 18.9 Å². The summed E-state index contributed by atoms with van der Waals surface area (Å²) in [5, 5.41) is 9.37. The maximum absolute atomic E-state index is 14.4. The van der Waals surface area contributed by atoms with Gasteiger partial charge in [0.25, 0.3) is 0 Å². The average molecular weight is 697 g/mol. The summed E-state index contributed by atoms with van der Waals surface area (Å²) in [5.41, 5.74) is 0.231. The molecule has 260 valence electrons. The summed E-state index contributed by atoms with van der Waals surface area (Å²) >= 11 is 6.45. The van der Waals surface area contributed by atoms with Crippen LogP contribution in [0.15, 0.2) is 42.5 Å². The molecule has 0 saturated carbocycles. The molecule has 0 radical (unpaired) electrons. The minimum absolute atomic E-state index is 0.0116. The van der Waals surface area contributed by atoms with Gasteiger partial charge in [0.1, 0.15) is 17.0 Å². The van der Waals surface area contributed by atoms with E-state index in [9.17, 15) is 28.4 Å². The van der Waals surface area contributed by atoms with Crippen molar-refractivity contribution in [2.45, 2.75) is 90.6 Å². The Labute approximate surface area is 281 Å². The normalized spacial score (nSPS) is 20.4. The molecule has 0 bridgehead atoms. The zero-order valence-corrected chi connectivity index (χ0v) is 30.0. The molecule has 1 heterocycles. The quantitative estimate of drug-likeness (QED) is 0.182. The molecule has 1 aliphatic heterocycles. The number of unbranched alkanes of at least 4 members (excludes halogenated alkanes) is 1. The predicted octanol–water partition coefficient (Wildman–Crippen LogP) is 8.44. The Morgan fingerprint density at radius 2 is 1.62 bits per heavy atom. The molecule has 2 aromatic rings. The number of aliphatic carboxylic acids is 1. The van der Waals surface area contributed by atoms with E-state index in [1.165, 1.54) is 12.1 Å². The lowest BCUT2D eigenvalue weighted by molar-refractivity contribution is -0.141. The molecule has 0 spiro atoms. The van der Waals surface area contributed by atoms with E-state index in [0.717, 1.165) is 10.5 Å². The fraction of sp³-hybridized carbons (Fsp3) is 0.559. The molecular weight excluding hydrogens is 650 g/mol. The SMILES string of the molecule is CCOP1(=O)CCN(Cc2ccc(F)cc2-c2ccccc2Cl)C[C@@]1(CCCCN(C(=O)OC(C)(C)C)C(=O)OC(C)(C)C)C(=O)O. The molecule has 1 fully saturated rings. The molecule has 1 saturated heterocycles. The number of hydrogen-bond donors (Lipinski definition) is 1. The second kappa shape index (κ2) is 15.5. The number of carbonyl (C=O) groups is 3. The van der Waals surface area contributed by atoms with Gasteiger partial charge in [-0.2, -0.15) is 0 Å². The van der Waals surface area contributed by atoms with Crippen molar-refractivity contribution in [1.82, 2.24) is 9.80 Å². The van der Waals surface area contributed by atoms with Crippen LogP contribution in [-0.4, -0.2) is 81.8 Å². The largest absolute Gasteiger partial charge is 0.480 e. The molecule has 1 aliphatic rings. The summed E-state index contributed by atoms with van der Waals surface area (Å²) in [6.45, 7) is 12.2. The van der Waals surface area contributed by atoms with E-state index < -0.39 is 47.7 Å². The first kappa shape index (κ1) is 38.5. The van der Waals surface area contributed by atoms with E-state index >= 15 is 0 Å². The highest BCUT2D eigenvalue weighted by molar-refractivity contribution is 7.62. The molecule has 2 atom stereocenters. The third kappa shape index (κ3) is 10.0. The smallest absolute Gasteiger partial charge is 0.419 e. The van der Waals surface area contributed by atoms with Crippen LogP contribution >= 0.6 is 19.0 Å². The zero-order chi connectivity index (χ0) is 35.2. The number of carboxylic acid groups (broad SMARTS) is 1. The van der Waals surface area contributed by atoms with Crippen molar-refractivity contribution in [1.29, 1.82) is 0 Å². The van der Waals surface area contributed by atoms with Crippen molar-refractivity contribution in [3.8, 4) is 11.1 Å². The Kier molecular flexibility index (Phi) is 12.7. The number of nitrogens with zero attached hydrogens (tertiary/aromatic N) is 2. The average Bonchev–Trinajstić information content (AvgIpc) is 2.94. The minimum atomic E-state index is -3.72. The van der Waals surface area contributed by atoms with Crippen LogP contribution in [0.25, 0.3) is 11.1 Å². The Bertz CT molecular complexity index is 1460.